The zero-order chi connectivity index (χ0) is 7.78. The van der Waals surface area contributed by atoms with Crippen LogP contribution in [0.3, 0.4) is 0 Å². The lowest BCUT2D eigenvalue weighted by atomic mass is 10.3. The SMILES string of the molecule is CC1(C)N=CC=[N+]1C(=O)[O-]. The Morgan fingerprint density at radius 3 is 2.50 bits per heavy atom. The van der Waals surface area contributed by atoms with Crippen LogP contribution in [0.1, 0.15) is 13.8 Å². The molecule has 0 saturated heterocycles. The lowest BCUT2D eigenvalue weighted by Gasteiger charge is -2.12. The standard InChI is InChI=1S/C6H8N2O2/c1-6(2)7-3-4-8(6)5(9)10/h3-4H,1-2H3. The summed E-state index contributed by atoms with van der Waals surface area (Å²) in [4.78, 5) is 14.2. The molecule has 1 aliphatic rings. The van der Waals surface area contributed by atoms with E-state index < -0.39 is 11.8 Å². The van der Waals surface area contributed by atoms with Gasteiger partial charge in [-0.15, -0.1) is 0 Å². The molecule has 0 bridgehead atoms. The maximum atomic E-state index is 10.3. The molecule has 0 aliphatic carbocycles. The van der Waals surface area contributed by atoms with Crippen molar-refractivity contribution in [1.29, 1.82) is 0 Å². The fraction of sp³-hybridized carbons (Fsp3) is 0.500. The predicted molar refractivity (Wildman–Crippen MR) is 34.3 cm³/mol. The zero-order valence-corrected chi connectivity index (χ0v) is 5.87. The molecule has 0 fully saturated rings. The molecule has 1 heterocycles. The smallest absolute Gasteiger partial charge is 0.339 e. The minimum Gasteiger partial charge on any atom is -0.490 e. The first-order chi connectivity index (χ1) is 4.54. The van der Waals surface area contributed by atoms with Crippen LogP contribution in [0.2, 0.25) is 0 Å². The fourth-order valence-electron chi connectivity index (χ4n) is 0.811. The molecule has 10 heavy (non-hydrogen) atoms. The van der Waals surface area contributed by atoms with Gasteiger partial charge in [0.1, 0.15) is 0 Å². The van der Waals surface area contributed by atoms with Crippen LogP contribution in [0.5, 0.6) is 0 Å². The minimum atomic E-state index is -1.22. The molecule has 0 spiro atoms. The Balaban J connectivity index is 2.93. The van der Waals surface area contributed by atoms with Gasteiger partial charge in [-0.05, 0) is 0 Å². The molecule has 0 saturated carbocycles. The second-order valence-corrected chi connectivity index (χ2v) is 2.56. The quantitative estimate of drug-likeness (QED) is 0.415. The number of hydrogen-bond acceptors (Lipinski definition) is 3. The van der Waals surface area contributed by atoms with E-state index in [0.29, 0.717) is 0 Å². The minimum absolute atomic E-state index is 0.682. The molecule has 0 unspecified atom stereocenters. The van der Waals surface area contributed by atoms with Gasteiger partial charge in [0.05, 0.1) is 6.21 Å². The van der Waals surface area contributed by atoms with Gasteiger partial charge in [-0.1, -0.05) is 0 Å². The Kier molecular flexibility index (Phi) is 1.31. The van der Waals surface area contributed by atoms with E-state index in [2.05, 4.69) is 4.99 Å². The first kappa shape index (κ1) is 6.92. The third-order valence-electron chi connectivity index (χ3n) is 1.39. The number of aliphatic imine (C=N–C) groups is 1. The predicted octanol–water partition coefficient (Wildman–Crippen LogP) is -0.766. The van der Waals surface area contributed by atoms with Gasteiger partial charge < -0.3 is 9.90 Å². The summed E-state index contributed by atoms with van der Waals surface area (Å²) >= 11 is 0. The molecule has 54 valence electrons. The van der Waals surface area contributed by atoms with E-state index in [-0.39, 0.29) is 0 Å². The van der Waals surface area contributed by atoms with Crippen molar-refractivity contribution < 1.29 is 14.5 Å². The number of carbonyl (C=O) groups excluding carboxylic acids is 1. The van der Waals surface area contributed by atoms with Gasteiger partial charge in [-0.2, -0.15) is 4.58 Å². The maximum Gasteiger partial charge on any atom is 0.339 e. The van der Waals surface area contributed by atoms with E-state index in [4.69, 9.17) is 0 Å². The number of nitrogens with zero attached hydrogens (tertiary/aromatic N) is 2. The van der Waals surface area contributed by atoms with E-state index in [1.807, 2.05) is 0 Å². The third-order valence-corrected chi connectivity index (χ3v) is 1.39. The van der Waals surface area contributed by atoms with Gasteiger partial charge in [0.15, 0.2) is 6.21 Å². The van der Waals surface area contributed by atoms with Crippen LogP contribution >= 0.6 is 0 Å². The van der Waals surface area contributed by atoms with Gasteiger partial charge >= 0.3 is 6.09 Å². The molecular weight excluding hydrogens is 132 g/mol. The molecule has 1 aliphatic heterocycles. The summed E-state index contributed by atoms with van der Waals surface area (Å²) in [6.45, 7) is 3.39. The average molecular weight is 140 g/mol. The molecule has 0 aromatic rings. The monoisotopic (exact) mass is 140 g/mol. The van der Waals surface area contributed by atoms with Crippen molar-refractivity contribution in [3.8, 4) is 0 Å². The Morgan fingerprint density at radius 1 is 1.70 bits per heavy atom. The highest BCUT2D eigenvalue weighted by molar-refractivity contribution is 6.15. The summed E-state index contributed by atoms with van der Waals surface area (Å²) in [5.74, 6) is 0. The highest BCUT2D eigenvalue weighted by Crippen LogP contribution is 2.11. The Morgan fingerprint density at radius 2 is 2.30 bits per heavy atom. The van der Waals surface area contributed by atoms with Crippen molar-refractivity contribution in [2.45, 2.75) is 19.5 Å². The van der Waals surface area contributed by atoms with Crippen molar-refractivity contribution in [2.24, 2.45) is 4.99 Å². The fourth-order valence-corrected chi connectivity index (χ4v) is 0.811. The number of rotatable bonds is 0. The van der Waals surface area contributed by atoms with Gasteiger partial charge in [-0.3, -0.25) is 0 Å². The number of carbonyl (C=O) groups is 1. The van der Waals surface area contributed by atoms with E-state index >= 15 is 0 Å². The number of carboxylic acid groups (broad SMARTS) is 1. The summed E-state index contributed by atoms with van der Waals surface area (Å²) in [5, 5.41) is 10.3. The molecule has 0 radical (unpaired) electrons. The summed E-state index contributed by atoms with van der Waals surface area (Å²) in [6.07, 6.45) is 1.62. The Bertz CT molecular complexity index is 228. The highest BCUT2D eigenvalue weighted by atomic mass is 16.4. The van der Waals surface area contributed by atoms with E-state index in [1.165, 1.54) is 12.4 Å². The van der Waals surface area contributed by atoms with Gasteiger partial charge in [0.25, 0.3) is 5.66 Å². The van der Waals surface area contributed by atoms with Gasteiger partial charge in [0, 0.05) is 13.8 Å². The van der Waals surface area contributed by atoms with Crippen LogP contribution in [-0.2, 0) is 0 Å². The van der Waals surface area contributed by atoms with E-state index in [9.17, 15) is 9.90 Å². The summed E-state index contributed by atoms with van der Waals surface area (Å²) in [5.41, 5.74) is -0.682. The van der Waals surface area contributed by atoms with Crippen molar-refractivity contribution in [1.82, 2.24) is 0 Å². The molecule has 1 rings (SSSR count). The lowest BCUT2D eigenvalue weighted by molar-refractivity contribution is -0.565. The van der Waals surface area contributed by atoms with Gasteiger partial charge in [0.2, 0.25) is 0 Å². The zero-order valence-electron chi connectivity index (χ0n) is 5.87. The summed E-state index contributed by atoms with van der Waals surface area (Å²) < 4.78 is 1.05. The third kappa shape index (κ3) is 0.920. The van der Waals surface area contributed by atoms with Gasteiger partial charge in [-0.25, -0.2) is 4.99 Å². The van der Waals surface area contributed by atoms with E-state index in [0.717, 1.165) is 4.58 Å². The second-order valence-electron chi connectivity index (χ2n) is 2.56. The topological polar surface area (TPSA) is 55.5 Å². The van der Waals surface area contributed by atoms with Crippen LogP contribution in [0.25, 0.3) is 0 Å². The molecule has 0 aromatic carbocycles. The molecule has 0 atom stereocenters. The first-order valence-electron chi connectivity index (χ1n) is 2.93. The summed E-state index contributed by atoms with van der Waals surface area (Å²) in [6, 6.07) is 0. The summed E-state index contributed by atoms with van der Waals surface area (Å²) in [7, 11) is 0. The Labute approximate surface area is 58.5 Å². The van der Waals surface area contributed by atoms with Crippen LogP contribution < -0.4 is 5.11 Å². The molecule has 4 heteroatoms. The molecule has 0 N–H and O–H groups in total. The largest absolute Gasteiger partial charge is 0.490 e. The average Bonchev–Trinajstić information content (AvgIpc) is 2.08. The van der Waals surface area contributed by atoms with Crippen molar-refractivity contribution in [3.05, 3.63) is 0 Å². The number of hydrogen-bond donors (Lipinski definition) is 0. The molecular formula is C6H8N2O2. The van der Waals surface area contributed by atoms with Crippen LogP contribution in [0, 0.1) is 0 Å². The van der Waals surface area contributed by atoms with Crippen molar-refractivity contribution in [3.63, 3.8) is 0 Å². The molecule has 0 aromatic heterocycles. The lowest BCUT2D eigenvalue weighted by Crippen LogP contribution is -2.43. The molecule has 4 nitrogen and oxygen atoms in total. The maximum absolute atomic E-state index is 10.3. The normalized spacial score (nSPS) is 20.8. The Hall–Kier alpha value is -1.19. The first-order valence-corrected chi connectivity index (χ1v) is 2.93. The van der Waals surface area contributed by atoms with Crippen LogP contribution in [0.15, 0.2) is 4.99 Å². The number of amides is 1. The van der Waals surface area contributed by atoms with Crippen molar-refractivity contribution >= 4 is 18.5 Å². The van der Waals surface area contributed by atoms with Crippen LogP contribution in [-0.4, -0.2) is 28.8 Å². The van der Waals surface area contributed by atoms with E-state index in [1.54, 1.807) is 13.8 Å². The van der Waals surface area contributed by atoms with Crippen LogP contribution in [0.4, 0.5) is 4.79 Å². The second kappa shape index (κ2) is 1.90. The highest BCUT2D eigenvalue weighted by Gasteiger charge is 2.33. The van der Waals surface area contributed by atoms with Crippen molar-refractivity contribution in [2.75, 3.05) is 0 Å². The molecule has 1 amide bonds.